The molecule has 0 bridgehead atoms. The number of nitrogens with one attached hydrogen (secondary N) is 2. The molecule has 0 aromatic carbocycles. The lowest BCUT2D eigenvalue weighted by Crippen LogP contribution is -2.34. The first-order chi connectivity index (χ1) is 12.8. The maximum absolute atomic E-state index is 12.5. The van der Waals surface area contributed by atoms with Crippen molar-refractivity contribution in [1.82, 2.24) is 35.9 Å². The van der Waals surface area contributed by atoms with Crippen molar-refractivity contribution in [3.8, 4) is 10.6 Å². The Morgan fingerprint density at radius 2 is 2.23 bits per heavy atom. The maximum Gasteiger partial charge on any atom is 0.223 e. The molecule has 3 aromatic rings. The molecule has 4 rings (SSSR count). The van der Waals surface area contributed by atoms with Gasteiger partial charge in [0.05, 0.1) is 5.69 Å². The average Bonchev–Trinajstić information content (AvgIpc) is 3.34. The van der Waals surface area contributed by atoms with Crippen LogP contribution in [0.25, 0.3) is 10.6 Å². The summed E-state index contributed by atoms with van der Waals surface area (Å²) in [7, 11) is 0. The molecule has 0 spiro atoms. The van der Waals surface area contributed by atoms with Crippen molar-refractivity contribution in [2.75, 3.05) is 6.54 Å². The third-order valence-electron chi connectivity index (χ3n) is 4.50. The number of aromatic nitrogens is 6. The van der Waals surface area contributed by atoms with Crippen LogP contribution >= 0.6 is 11.3 Å². The predicted octanol–water partition coefficient (Wildman–Crippen LogP) is 1.57. The zero-order valence-electron chi connectivity index (χ0n) is 14.2. The summed E-state index contributed by atoms with van der Waals surface area (Å²) in [5, 5.41) is 17.8. The van der Waals surface area contributed by atoms with E-state index >= 15 is 0 Å². The Bertz CT molecular complexity index is 863. The number of nitrogens with zero attached hydrogens (tertiary/aromatic N) is 5. The van der Waals surface area contributed by atoms with E-state index in [4.69, 9.17) is 4.98 Å². The van der Waals surface area contributed by atoms with Gasteiger partial charge < -0.3 is 5.32 Å². The number of aryl methyl sites for hydroxylation is 2. The van der Waals surface area contributed by atoms with Crippen LogP contribution in [0.2, 0.25) is 0 Å². The fraction of sp³-hybridized carbons (Fsp3) is 0.412. The Hall–Kier alpha value is -2.68. The van der Waals surface area contributed by atoms with E-state index in [1.807, 2.05) is 12.1 Å². The number of rotatable bonds is 6. The molecule has 9 heteroatoms. The second-order valence-corrected chi connectivity index (χ2v) is 7.37. The van der Waals surface area contributed by atoms with Crippen molar-refractivity contribution in [1.29, 1.82) is 0 Å². The molecule has 1 amide bonds. The quantitative estimate of drug-likeness (QED) is 0.638. The zero-order chi connectivity index (χ0) is 17.8. The summed E-state index contributed by atoms with van der Waals surface area (Å²) in [5.41, 5.74) is 2.15. The van der Waals surface area contributed by atoms with Crippen molar-refractivity contribution in [2.24, 2.45) is 5.92 Å². The summed E-state index contributed by atoms with van der Waals surface area (Å²) in [6, 6.07) is 3.94. The van der Waals surface area contributed by atoms with Gasteiger partial charge >= 0.3 is 0 Å². The SMILES string of the molecule is O=C(NCCCc1nn[nH]n1)C1CCc2sc(-c3ccncc3)nc2C1. The normalized spacial score (nSPS) is 16.2. The van der Waals surface area contributed by atoms with Gasteiger partial charge in [-0.05, 0) is 31.4 Å². The molecule has 3 heterocycles. The highest BCUT2D eigenvalue weighted by Crippen LogP contribution is 2.34. The van der Waals surface area contributed by atoms with Crippen molar-refractivity contribution >= 4 is 17.2 Å². The van der Waals surface area contributed by atoms with Gasteiger partial charge in [-0.3, -0.25) is 9.78 Å². The minimum atomic E-state index is 0.0000605. The molecule has 0 saturated heterocycles. The smallest absolute Gasteiger partial charge is 0.223 e. The average molecular weight is 369 g/mol. The number of thiazole rings is 1. The first-order valence-electron chi connectivity index (χ1n) is 8.68. The number of H-pyrrole nitrogens is 1. The van der Waals surface area contributed by atoms with Crippen LogP contribution in [0.5, 0.6) is 0 Å². The molecule has 0 saturated carbocycles. The van der Waals surface area contributed by atoms with Gasteiger partial charge in [-0.1, -0.05) is 5.21 Å². The van der Waals surface area contributed by atoms with Crippen molar-refractivity contribution in [2.45, 2.75) is 32.1 Å². The highest BCUT2D eigenvalue weighted by atomic mass is 32.1. The summed E-state index contributed by atoms with van der Waals surface area (Å²) < 4.78 is 0. The number of aromatic amines is 1. The van der Waals surface area contributed by atoms with E-state index in [0.717, 1.165) is 35.5 Å². The third kappa shape index (κ3) is 3.77. The Morgan fingerprint density at radius 1 is 1.35 bits per heavy atom. The van der Waals surface area contributed by atoms with Gasteiger partial charge in [-0.2, -0.15) is 5.21 Å². The van der Waals surface area contributed by atoms with Crippen LogP contribution < -0.4 is 5.32 Å². The first kappa shape index (κ1) is 16.8. The molecule has 1 aliphatic carbocycles. The second kappa shape index (κ2) is 7.69. The molecule has 0 aliphatic heterocycles. The van der Waals surface area contributed by atoms with Gasteiger partial charge in [-0.25, -0.2) is 4.98 Å². The Labute approximate surface area is 154 Å². The van der Waals surface area contributed by atoms with E-state index in [-0.39, 0.29) is 11.8 Å². The highest BCUT2D eigenvalue weighted by Gasteiger charge is 2.27. The van der Waals surface area contributed by atoms with Gasteiger partial charge in [-0.15, -0.1) is 21.5 Å². The van der Waals surface area contributed by atoms with E-state index in [2.05, 4.69) is 30.9 Å². The van der Waals surface area contributed by atoms with E-state index in [1.54, 1.807) is 23.7 Å². The van der Waals surface area contributed by atoms with Crippen LogP contribution in [-0.4, -0.2) is 43.0 Å². The van der Waals surface area contributed by atoms with Gasteiger partial charge in [0.2, 0.25) is 5.91 Å². The molecule has 8 nitrogen and oxygen atoms in total. The second-order valence-electron chi connectivity index (χ2n) is 6.29. The number of hydrogen-bond donors (Lipinski definition) is 2. The van der Waals surface area contributed by atoms with Crippen LogP contribution in [0.1, 0.15) is 29.2 Å². The van der Waals surface area contributed by atoms with Gasteiger partial charge in [0.1, 0.15) is 5.01 Å². The standard InChI is InChI=1S/C17H19N7OS/c25-16(19-7-1-2-15-21-23-24-22-15)12-3-4-14-13(10-12)20-17(26-14)11-5-8-18-9-6-11/h5-6,8-9,12H,1-4,7,10H2,(H,19,25)(H,21,22,23,24). The van der Waals surface area contributed by atoms with Gasteiger partial charge in [0.25, 0.3) is 0 Å². The lowest BCUT2D eigenvalue weighted by Gasteiger charge is -2.20. The Morgan fingerprint density at radius 3 is 3.04 bits per heavy atom. The topological polar surface area (TPSA) is 109 Å². The molecule has 1 unspecified atom stereocenters. The molecule has 26 heavy (non-hydrogen) atoms. The monoisotopic (exact) mass is 369 g/mol. The first-order valence-corrected chi connectivity index (χ1v) is 9.50. The molecule has 1 aliphatic rings. The van der Waals surface area contributed by atoms with E-state index < -0.39 is 0 Å². The number of amides is 1. The number of fused-ring (bicyclic) bond motifs is 1. The largest absolute Gasteiger partial charge is 0.356 e. The molecule has 134 valence electrons. The summed E-state index contributed by atoms with van der Waals surface area (Å²) in [5.74, 6) is 0.787. The molecule has 0 radical (unpaired) electrons. The fourth-order valence-electron chi connectivity index (χ4n) is 3.11. The molecule has 1 atom stereocenters. The van der Waals surface area contributed by atoms with Crippen molar-refractivity contribution < 1.29 is 4.79 Å². The van der Waals surface area contributed by atoms with Gasteiger partial charge in [0, 0.05) is 48.1 Å². The minimum Gasteiger partial charge on any atom is -0.356 e. The van der Waals surface area contributed by atoms with Crippen molar-refractivity contribution in [3.05, 3.63) is 40.9 Å². The summed E-state index contributed by atoms with van der Waals surface area (Å²) in [6.07, 6.45) is 7.56. The number of carbonyl (C=O) groups excluding carboxylic acids is 1. The predicted molar refractivity (Wildman–Crippen MR) is 96.4 cm³/mol. The van der Waals surface area contributed by atoms with Crippen LogP contribution in [-0.2, 0) is 24.1 Å². The number of carbonyl (C=O) groups is 1. The summed E-state index contributed by atoms with van der Waals surface area (Å²) >= 11 is 1.73. The number of hydrogen-bond acceptors (Lipinski definition) is 7. The third-order valence-corrected chi connectivity index (χ3v) is 5.71. The number of tetrazole rings is 1. The maximum atomic E-state index is 12.5. The number of pyridine rings is 1. The fourth-order valence-corrected chi connectivity index (χ4v) is 4.22. The lowest BCUT2D eigenvalue weighted by atomic mass is 9.90. The zero-order valence-corrected chi connectivity index (χ0v) is 15.0. The van der Waals surface area contributed by atoms with E-state index in [0.29, 0.717) is 25.2 Å². The Kier molecular flexibility index (Phi) is 4.96. The summed E-state index contributed by atoms with van der Waals surface area (Å²) in [6.45, 7) is 0.621. The Balaban J connectivity index is 1.31. The van der Waals surface area contributed by atoms with Crippen molar-refractivity contribution in [3.63, 3.8) is 0 Å². The van der Waals surface area contributed by atoms with Crippen LogP contribution in [0.4, 0.5) is 0 Å². The van der Waals surface area contributed by atoms with Gasteiger partial charge in [0.15, 0.2) is 5.82 Å². The molecular weight excluding hydrogens is 350 g/mol. The lowest BCUT2D eigenvalue weighted by molar-refractivity contribution is -0.125. The highest BCUT2D eigenvalue weighted by molar-refractivity contribution is 7.15. The molecule has 0 fully saturated rings. The van der Waals surface area contributed by atoms with Crippen LogP contribution in [0.15, 0.2) is 24.5 Å². The van der Waals surface area contributed by atoms with Crippen LogP contribution in [0.3, 0.4) is 0 Å². The molecule has 3 aromatic heterocycles. The molecular formula is C17H19N7OS. The van der Waals surface area contributed by atoms with E-state index in [9.17, 15) is 4.79 Å². The molecule has 2 N–H and O–H groups in total. The van der Waals surface area contributed by atoms with Crippen LogP contribution in [0, 0.1) is 5.92 Å². The van der Waals surface area contributed by atoms with E-state index in [1.165, 1.54) is 4.88 Å². The minimum absolute atomic E-state index is 0.0000605. The summed E-state index contributed by atoms with van der Waals surface area (Å²) in [4.78, 5) is 22.6.